The SMILES string of the molecule is Cc1ccc(-n2cc(-c3cccc(Br)c3)cn2)c(C)c1. The van der Waals surface area contributed by atoms with Crippen LogP contribution in [0.5, 0.6) is 0 Å². The lowest BCUT2D eigenvalue weighted by molar-refractivity contribution is 0.872. The molecule has 1 heterocycles. The van der Waals surface area contributed by atoms with Gasteiger partial charge in [0.15, 0.2) is 0 Å². The van der Waals surface area contributed by atoms with Crippen LogP contribution in [0.3, 0.4) is 0 Å². The van der Waals surface area contributed by atoms with Gasteiger partial charge in [-0.2, -0.15) is 5.10 Å². The van der Waals surface area contributed by atoms with E-state index in [9.17, 15) is 0 Å². The van der Waals surface area contributed by atoms with E-state index in [-0.39, 0.29) is 0 Å². The van der Waals surface area contributed by atoms with Crippen molar-refractivity contribution >= 4 is 15.9 Å². The molecule has 0 spiro atoms. The van der Waals surface area contributed by atoms with E-state index < -0.39 is 0 Å². The molecule has 0 radical (unpaired) electrons. The van der Waals surface area contributed by atoms with Crippen LogP contribution in [-0.2, 0) is 0 Å². The van der Waals surface area contributed by atoms with Gasteiger partial charge >= 0.3 is 0 Å². The summed E-state index contributed by atoms with van der Waals surface area (Å²) in [5, 5.41) is 4.48. The van der Waals surface area contributed by atoms with Crippen LogP contribution in [0, 0.1) is 13.8 Å². The lowest BCUT2D eigenvalue weighted by Gasteiger charge is -2.06. The molecule has 0 aliphatic carbocycles. The van der Waals surface area contributed by atoms with E-state index in [4.69, 9.17) is 0 Å². The average molecular weight is 327 g/mol. The number of aryl methyl sites for hydroxylation is 2. The molecule has 0 atom stereocenters. The van der Waals surface area contributed by atoms with Crippen LogP contribution in [0.2, 0.25) is 0 Å². The van der Waals surface area contributed by atoms with E-state index in [1.54, 1.807) is 0 Å². The van der Waals surface area contributed by atoms with E-state index in [1.807, 2.05) is 23.0 Å². The quantitative estimate of drug-likeness (QED) is 0.653. The molecule has 0 aliphatic heterocycles. The summed E-state index contributed by atoms with van der Waals surface area (Å²) in [5.74, 6) is 0. The maximum atomic E-state index is 4.48. The van der Waals surface area contributed by atoms with Crippen molar-refractivity contribution < 1.29 is 0 Å². The number of hydrogen-bond acceptors (Lipinski definition) is 1. The Morgan fingerprint density at radius 1 is 1.00 bits per heavy atom. The highest BCUT2D eigenvalue weighted by atomic mass is 79.9. The molecule has 3 rings (SSSR count). The smallest absolute Gasteiger partial charge is 0.0675 e. The predicted octanol–water partition coefficient (Wildman–Crippen LogP) is 4.92. The fraction of sp³-hybridized carbons (Fsp3) is 0.118. The Kier molecular flexibility index (Phi) is 3.45. The first-order valence-electron chi connectivity index (χ1n) is 6.52. The van der Waals surface area contributed by atoms with Crippen LogP contribution in [0.4, 0.5) is 0 Å². The van der Waals surface area contributed by atoms with Gasteiger partial charge < -0.3 is 0 Å². The molecule has 20 heavy (non-hydrogen) atoms. The van der Waals surface area contributed by atoms with Gasteiger partial charge in [0.05, 0.1) is 11.9 Å². The third kappa shape index (κ3) is 2.54. The molecule has 0 fully saturated rings. The summed E-state index contributed by atoms with van der Waals surface area (Å²) in [6, 6.07) is 14.7. The fourth-order valence-corrected chi connectivity index (χ4v) is 2.73. The van der Waals surface area contributed by atoms with Crippen LogP contribution in [0.1, 0.15) is 11.1 Å². The summed E-state index contributed by atoms with van der Waals surface area (Å²) in [5.41, 5.74) is 5.90. The highest BCUT2D eigenvalue weighted by Gasteiger charge is 2.06. The second kappa shape index (κ2) is 5.25. The predicted molar refractivity (Wildman–Crippen MR) is 86.2 cm³/mol. The number of rotatable bonds is 2. The van der Waals surface area contributed by atoms with Crippen LogP contribution in [0.25, 0.3) is 16.8 Å². The highest BCUT2D eigenvalue weighted by Crippen LogP contribution is 2.24. The topological polar surface area (TPSA) is 17.8 Å². The van der Waals surface area contributed by atoms with Crippen LogP contribution in [0.15, 0.2) is 59.3 Å². The Balaban J connectivity index is 2.02. The lowest BCUT2D eigenvalue weighted by Crippen LogP contribution is -1.97. The first kappa shape index (κ1) is 13.1. The first-order valence-corrected chi connectivity index (χ1v) is 7.31. The standard InChI is InChI=1S/C17H15BrN2/c1-12-6-7-17(13(2)8-12)20-11-15(10-19-20)14-4-3-5-16(18)9-14/h3-11H,1-2H3. The minimum absolute atomic E-state index is 1.08. The van der Waals surface area contributed by atoms with Crippen molar-refractivity contribution in [1.82, 2.24) is 9.78 Å². The van der Waals surface area contributed by atoms with E-state index >= 15 is 0 Å². The van der Waals surface area contributed by atoms with E-state index in [0.717, 1.165) is 21.3 Å². The number of halogens is 1. The molecule has 0 unspecified atom stereocenters. The van der Waals surface area contributed by atoms with Crippen molar-refractivity contribution in [1.29, 1.82) is 0 Å². The number of hydrogen-bond donors (Lipinski definition) is 0. The highest BCUT2D eigenvalue weighted by molar-refractivity contribution is 9.10. The largest absolute Gasteiger partial charge is 0.240 e. The summed E-state index contributed by atoms with van der Waals surface area (Å²) in [7, 11) is 0. The molecular weight excluding hydrogens is 312 g/mol. The molecule has 3 heteroatoms. The Morgan fingerprint density at radius 3 is 2.60 bits per heavy atom. The molecule has 2 aromatic carbocycles. The van der Waals surface area contributed by atoms with Gasteiger partial charge in [0.1, 0.15) is 0 Å². The summed E-state index contributed by atoms with van der Waals surface area (Å²) in [4.78, 5) is 0. The van der Waals surface area contributed by atoms with E-state index in [1.165, 1.54) is 11.1 Å². The number of nitrogens with zero attached hydrogens (tertiary/aromatic N) is 2. The summed E-state index contributed by atoms with van der Waals surface area (Å²) in [6.45, 7) is 4.22. The molecule has 0 aliphatic rings. The monoisotopic (exact) mass is 326 g/mol. The Bertz CT molecular complexity index is 759. The van der Waals surface area contributed by atoms with Gasteiger partial charge in [-0.05, 0) is 43.2 Å². The molecule has 100 valence electrons. The summed E-state index contributed by atoms with van der Waals surface area (Å²) >= 11 is 3.50. The van der Waals surface area contributed by atoms with Crippen molar-refractivity contribution in [3.63, 3.8) is 0 Å². The minimum atomic E-state index is 1.08. The van der Waals surface area contributed by atoms with Gasteiger partial charge in [-0.3, -0.25) is 0 Å². The molecule has 0 N–H and O–H groups in total. The Morgan fingerprint density at radius 2 is 1.85 bits per heavy atom. The van der Waals surface area contributed by atoms with Crippen LogP contribution in [-0.4, -0.2) is 9.78 Å². The van der Waals surface area contributed by atoms with Crippen molar-refractivity contribution in [3.8, 4) is 16.8 Å². The minimum Gasteiger partial charge on any atom is -0.240 e. The molecule has 0 amide bonds. The van der Waals surface area contributed by atoms with Crippen LogP contribution < -0.4 is 0 Å². The third-order valence-electron chi connectivity index (χ3n) is 3.34. The zero-order valence-corrected chi connectivity index (χ0v) is 13.1. The lowest BCUT2D eigenvalue weighted by atomic mass is 10.1. The zero-order valence-electron chi connectivity index (χ0n) is 11.5. The summed E-state index contributed by atoms with van der Waals surface area (Å²) in [6.07, 6.45) is 3.97. The van der Waals surface area contributed by atoms with Crippen molar-refractivity contribution in [2.45, 2.75) is 13.8 Å². The normalized spacial score (nSPS) is 10.8. The first-order chi connectivity index (χ1) is 9.63. The zero-order chi connectivity index (χ0) is 14.1. The molecule has 1 aromatic heterocycles. The van der Waals surface area contributed by atoms with Gasteiger partial charge in [-0.25, -0.2) is 4.68 Å². The van der Waals surface area contributed by atoms with Gasteiger partial charge in [-0.15, -0.1) is 0 Å². The fourth-order valence-electron chi connectivity index (χ4n) is 2.33. The van der Waals surface area contributed by atoms with Gasteiger partial charge in [-0.1, -0.05) is 45.8 Å². The molecular formula is C17H15BrN2. The molecule has 2 nitrogen and oxygen atoms in total. The maximum absolute atomic E-state index is 4.48. The summed E-state index contributed by atoms with van der Waals surface area (Å²) < 4.78 is 3.01. The van der Waals surface area contributed by atoms with Crippen molar-refractivity contribution in [2.24, 2.45) is 0 Å². The third-order valence-corrected chi connectivity index (χ3v) is 3.83. The van der Waals surface area contributed by atoms with Crippen molar-refractivity contribution in [2.75, 3.05) is 0 Å². The second-order valence-corrected chi connectivity index (χ2v) is 5.89. The molecule has 0 saturated carbocycles. The van der Waals surface area contributed by atoms with E-state index in [2.05, 4.69) is 71.4 Å². The van der Waals surface area contributed by atoms with Crippen molar-refractivity contribution in [3.05, 3.63) is 70.5 Å². The number of aromatic nitrogens is 2. The van der Waals surface area contributed by atoms with E-state index in [0.29, 0.717) is 0 Å². The van der Waals surface area contributed by atoms with Gasteiger partial charge in [0, 0.05) is 16.2 Å². The van der Waals surface area contributed by atoms with Crippen LogP contribution >= 0.6 is 15.9 Å². The second-order valence-electron chi connectivity index (χ2n) is 4.97. The number of benzene rings is 2. The van der Waals surface area contributed by atoms with Gasteiger partial charge in [0.25, 0.3) is 0 Å². The molecule has 3 aromatic rings. The maximum Gasteiger partial charge on any atom is 0.0675 e. The molecule has 0 bridgehead atoms. The Hall–Kier alpha value is -1.87. The average Bonchev–Trinajstić information content (AvgIpc) is 2.88. The Labute approximate surface area is 127 Å². The molecule has 0 saturated heterocycles. The van der Waals surface area contributed by atoms with Gasteiger partial charge in [0.2, 0.25) is 0 Å².